The zero-order chi connectivity index (χ0) is 38.9. The predicted octanol–water partition coefficient (Wildman–Crippen LogP) is 4.59. The highest BCUT2D eigenvalue weighted by Crippen LogP contribution is 2.65. The van der Waals surface area contributed by atoms with Crippen molar-refractivity contribution in [3.05, 3.63) is 118 Å². The van der Waals surface area contributed by atoms with Crippen molar-refractivity contribution in [3.8, 4) is 17.2 Å². The Morgan fingerprint density at radius 1 is 0.855 bits per heavy atom. The molecule has 4 aromatic carbocycles. The van der Waals surface area contributed by atoms with Gasteiger partial charge in [-0.2, -0.15) is 5.01 Å². The van der Waals surface area contributed by atoms with Gasteiger partial charge in [-0.05, 0) is 78.3 Å². The molecule has 280 valence electrons. The van der Waals surface area contributed by atoms with E-state index < -0.39 is 65.8 Å². The Kier molecular flexibility index (Phi) is 9.16. The van der Waals surface area contributed by atoms with E-state index in [1.807, 2.05) is 6.08 Å². The summed E-state index contributed by atoms with van der Waals surface area (Å²) in [4.78, 5) is 60.2. The van der Waals surface area contributed by atoms with Crippen molar-refractivity contribution < 1.29 is 43.8 Å². The van der Waals surface area contributed by atoms with Crippen LogP contribution in [0.3, 0.4) is 0 Å². The lowest BCUT2D eigenvalue weighted by molar-refractivity contribution is -0.138. The molecule has 0 unspecified atom stereocenters. The van der Waals surface area contributed by atoms with E-state index in [1.54, 1.807) is 48.5 Å². The minimum absolute atomic E-state index is 0.0231. The van der Waals surface area contributed by atoms with Crippen LogP contribution in [0.5, 0.6) is 17.2 Å². The number of hydrogen-bond donors (Lipinski definition) is 4. The largest absolute Gasteiger partial charge is 0.508 e. The quantitative estimate of drug-likeness (QED) is 0.113. The van der Waals surface area contributed by atoms with E-state index in [9.17, 15) is 29.5 Å². The third kappa shape index (κ3) is 5.59. The molecule has 55 heavy (non-hydrogen) atoms. The first-order chi connectivity index (χ1) is 26.4. The Morgan fingerprint density at radius 2 is 1.62 bits per heavy atom. The van der Waals surface area contributed by atoms with Crippen molar-refractivity contribution >= 4 is 70.8 Å². The average Bonchev–Trinajstić information content (AvgIpc) is 3.56. The smallest absolute Gasteiger partial charge is 0.488 e. The van der Waals surface area contributed by atoms with E-state index in [-0.39, 0.29) is 46.2 Å². The second kappa shape index (κ2) is 13.8. The van der Waals surface area contributed by atoms with Crippen LogP contribution < -0.4 is 25.3 Å². The number of nitrogens with zero attached hydrogens (tertiary/aromatic N) is 2. The Bertz CT molecular complexity index is 2300. The first-order valence-electron chi connectivity index (χ1n) is 17.6. The van der Waals surface area contributed by atoms with Gasteiger partial charge in [0.05, 0.1) is 53.8 Å². The lowest BCUT2D eigenvalue weighted by Crippen LogP contribution is -2.53. The highest BCUT2D eigenvalue weighted by atomic mass is 35.5. The Hall–Kier alpha value is -5.34. The molecule has 2 aliphatic heterocycles. The van der Waals surface area contributed by atoms with Crippen LogP contribution in [0.15, 0.2) is 96.6 Å². The van der Waals surface area contributed by atoms with Gasteiger partial charge < -0.3 is 24.6 Å². The maximum absolute atomic E-state index is 15.5. The number of hydrazine groups is 1. The summed E-state index contributed by atoms with van der Waals surface area (Å²) in [5.74, 6) is -5.82. The second-order valence-corrected chi connectivity index (χ2v) is 15.0. The average molecular weight is 782 g/mol. The number of nitrogens with one attached hydrogen (secondary N) is 1. The molecular weight excluding hydrogens is 748 g/mol. The molecule has 0 bridgehead atoms. The van der Waals surface area contributed by atoms with Crippen molar-refractivity contribution in [2.45, 2.75) is 24.2 Å². The van der Waals surface area contributed by atoms with Gasteiger partial charge in [0.25, 0.3) is 11.8 Å². The summed E-state index contributed by atoms with van der Waals surface area (Å²) in [6.45, 7) is 0. The lowest BCUT2D eigenvalue weighted by atomic mass is 9.49. The minimum Gasteiger partial charge on any atom is -0.508 e. The van der Waals surface area contributed by atoms with E-state index in [1.165, 1.54) is 50.6 Å². The van der Waals surface area contributed by atoms with Crippen molar-refractivity contribution in [1.29, 1.82) is 0 Å². The molecule has 8 rings (SSSR count). The van der Waals surface area contributed by atoms with Gasteiger partial charge in [-0.3, -0.25) is 29.5 Å². The molecule has 4 aliphatic rings. The van der Waals surface area contributed by atoms with Gasteiger partial charge >= 0.3 is 7.12 Å². The zero-order valence-electron chi connectivity index (χ0n) is 29.5. The third-order valence-corrected chi connectivity index (χ3v) is 12.1. The van der Waals surface area contributed by atoms with Crippen molar-refractivity contribution in [2.24, 2.45) is 23.7 Å². The van der Waals surface area contributed by atoms with E-state index in [0.29, 0.717) is 27.5 Å². The summed E-state index contributed by atoms with van der Waals surface area (Å²) in [5.41, 5.74) is 3.55. The summed E-state index contributed by atoms with van der Waals surface area (Å²) in [7, 11) is 1.14. The fourth-order valence-corrected chi connectivity index (χ4v) is 9.66. The van der Waals surface area contributed by atoms with Crippen molar-refractivity contribution in [1.82, 2.24) is 5.01 Å². The first kappa shape index (κ1) is 36.6. The van der Waals surface area contributed by atoms with Crippen LogP contribution >= 0.6 is 23.2 Å². The number of ether oxygens (including phenoxy) is 2. The van der Waals surface area contributed by atoms with Gasteiger partial charge in [0.1, 0.15) is 17.2 Å². The molecule has 2 aliphatic carbocycles. The van der Waals surface area contributed by atoms with Gasteiger partial charge in [-0.15, -0.1) is 0 Å². The Labute approximate surface area is 326 Å². The number of methoxy groups -OCH3 is 2. The monoisotopic (exact) mass is 781 g/mol. The molecular formula is C40H34BCl2N3O9. The highest BCUT2D eigenvalue weighted by molar-refractivity contribution is 6.58. The van der Waals surface area contributed by atoms with Gasteiger partial charge in [0, 0.05) is 22.6 Å². The number of hydrogen-bond acceptors (Lipinski definition) is 10. The molecule has 15 heteroatoms. The predicted molar refractivity (Wildman–Crippen MR) is 204 cm³/mol. The van der Waals surface area contributed by atoms with E-state index in [2.05, 4.69) is 5.43 Å². The number of phenolic OH excluding ortho intramolecular Hbond substituents is 1. The molecule has 2 heterocycles. The molecule has 0 aromatic heterocycles. The van der Waals surface area contributed by atoms with E-state index in [4.69, 9.17) is 32.7 Å². The van der Waals surface area contributed by atoms with Crippen molar-refractivity contribution in [2.75, 3.05) is 24.5 Å². The van der Waals surface area contributed by atoms with Crippen LogP contribution in [-0.2, 0) is 24.6 Å². The molecule has 3 fully saturated rings. The molecule has 1 saturated carbocycles. The minimum atomic E-state index is -1.82. The normalized spacial score (nSPS) is 25.6. The molecule has 4 amide bonds. The Balaban J connectivity index is 1.33. The first-order valence-corrected chi connectivity index (χ1v) is 18.3. The molecule has 0 spiro atoms. The van der Waals surface area contributed by atoms with Gasteiger partial charge in [-0.25, -0.2) is 0 Å². The third-order valence-electron chi connectivity index (χ3n) is 11.5. The summed E-state index contributed by atoms with van der Waals surface area (Å²) in [6.07, 6.45) is 2.08. The molecule has 12 nitrogen and oxygen atoms in total. The van der Waals surface area contributed by atoms with Gasteiger partial charge in [0.2, 0.25) is 11.8 Å². The highest BCUT2D eigenvalue weighted by Gasteiger charge is 2.70. The van der Waals surface area contributed by atoms with Crippen LogP contribution in [0, 0.1) is 23.7 Å². The molecule has 6 atom stereocenters. The molecule has 4 N–H and O–H groups in total. The summed E-state index contributed by atoms with van der Waals surface area (Å²) >= 11 is 12.7. The fourth-order valence-electron chi connectivity index (χ4n) is 9.21. The molecule has 2 saturated heterocycles. The van der Waals surface area contributed by atoms with Gasteiger partial charge in [-0.1, -0.05) is 65.2 Å². The van der Waals surface area contributed by atoms with Gasteiger partial charge in [0.15, 0.2) is 0 Å². The summed E-state index contributed by atoms with van der Waals surface area (Å²) in [5, 5.41) is 31.8. The van der Waals surface area contributed by atoms with Crippen LogP contribution in [0.2, 0.25) is 10.0 Å². The van der Waals surface area contributed by atoms with Crippen LogP contribution in [0.25, 0.3) is 0 Å². The molecule has 4 aromatic rings. The number of amides is 4. The number of imide groups is 2. The lowest BCUT2D eigenvalue weighted by Gasteiger charge is -2.50. The maximum atomic E-state index is 15.5. The SMILES string of the molecule is COc1ccc([C@@]23C(=O)N(Nc4ccc(Cl)cc4Cl)C(=O)[C@@H]2C[C@@H]2C(=CC[C@@H]4C(=O)N(c5cccc(B(O)O)c5)C(=O)[C@@H]42)[C@@H]3c2ccc(O)cc2OC)cc1. The van der Waals surface area contributed by atoms with Crippen molar-refractivity contribution in [3.63, 3.8) is 0 Å². The van der Waals surface area contributed by atoms with E-state index in [0.717, 1.165) is 9.91 Å². The standard InChI is InChI=1S/C40H34BCl2N3O9/c1-54-25-10-6-20(7-11-25)40-30(37(49)46(39(40)51)44-32-15-8-22(42)17-31(32)43)19-29-26(35(40)27-12-9-24(47)18-33(27)55-2)13-14-28-34(29)38(50)45(36(28)48)23-5-3-4-21(16-23)41(52)53/h3-13,15-18,28-30,34-35,44,47,52-53H,14,19H2,1-2H3/t28-,29+,30-,34-,35+,40+/m0/s1. The molecule has 0 radical (unpaired) electrons. The second-order valence-electron chi connectivity index (χ2n) is 14.1. The number of carbonyl (C=O) groups excluding carboxylic acids is 4. The topological polar surface area (TPSA) is 166 Å². The number of rotatable bonds is 8. The number of phenols is 1. The van der Waals surface area contributed by atoms with Crippen LogP contribution in [0.1, 0.15) is 29.9 Å². The summed E-state index contributed by atoms with van der Waals surface area (Å²) < 4.78 is 11.3. The number of aromatic hydroxyl groups is 1. The summed E-state index contributed by atoms with van der Waals surface area (Å²) in [6, 6.07) is 22.0. The number of anilines is 2. The number of allylic oxidation sites excluding steroid dienone is 2. The Morgan fingerprint density at radius 3 is 2.31 bits per heavy atom. The van der Waals surface area contributed by atoms with Crippen LogP contribution in [-0.4, -0.2) is 65.1 Å². The maximum Gasteiger partial charge on any atom is 0.488 e. The fraction of sp³-hybridized carbons (Fsp3) is 0.250. The van der Waals surface area contributed by atoms with Crippen LogP contribution in [0.4, 0.5) is 11.4 Å². The van der Waals surface area contributed by atoms with E-state index >= 15 is 4.79 Å². The number of fused-ring (bicyclic) bond motifs is 4. The number of carbonyl (C=O) groups is 4. The zero-order valence-corrected chi connectivity index (χ0v) is 31.0. The number of benzene rings is 4. The number of halogens is 2.